The van der Waals surface area contributed by atoms with Gasteiger partial charge in [-0.3, -0.25) is 13.9 Å². The van der Waals surface area contributed by atoms with Crippen LogP contribution in [0.25, 0.3) is 0 Å². The van der Waals surface area contributed by atoms with Gasteiger partial charge in [-0.2, -0.15) is 0 Å². The molecule has 0 unspecified atom stereocenters. The van der Waals surface area contributed by atoms with Gasteiger partial charge in [0.25, 0.3) is 0 Å². The zero-order valence-electron chi connectivity index (χ0n) is 17.8. The van der Waals surface area contributed by atoms with Gasteiger partial charge in [-0.1, -0.05) is 35.3 Å². The molecule has 2 rings (SSSR count). The van der Waals surface area contributed by atoms with Crippen molar-refractivity contribution >= 4 is 50.7 Å². The number of amides is 2. The first kappa shape index (κ1) is 25.9. The lowest BCUT2D eigenvalue weighted by Gasteiger charge is -2.31. The van der Waals surface area contributed by atoms with Gasteiger partial charge >= 0.3 is 0 Å². The summed E-state index contributed by atoms with van der Waals surface area (Å²) in [5.74, 6) is -1.72. The van der Waals surface area contributed by atoms with Crippen LogP contribution in [-0.2, 0) is 26.2 Å². The maximum absolute atomic E-state index is 13.6. The van der Waals surface area contributed by atoms with Crippen LogP contribution >= 0.6 is 23.2 Å². The monoisotopic (exact) mass is 503 g/mol. The van der Waals surface area contributed by atoms with Gasteiger partial charge < -0.3 is 10.2 Å². The van der Waals surface area contributed by atoms with Gasteiger partial charge in [0.2, 0.25) is 21.8 Å². The van der Waals surface area contributed by atoms with Gasteiger partial charge in [-0.25, -0.2) is 12.8 Å². The molecule has 0 heterocycles. The van der Waals surface area contributed by atoms with E-state index in [9.17, 15) is 22.4 Å². The van der Waals surface area contributed by atoms with E-state index in [1.807, 2.05) is 0 Å². The van der Waals surface area contributed by atoms with Gasteiger partial charge in [0.05, 0.1) is 17.0 Å². The molecule has 2 aromatic rings. The number of carbonyl (C=O) groups excluding carboxylic acids is 2. The zero-order chi connectivity index (χ0) is 24.1. The van der Waals surface area contributed by atoms with Gasteiger partial charge in [-0.05, 0) is 49.7 Å². The lowest BCUT2D eigenvalue weighted by Crippen LogP contribution is -2.51. The molecule has 0 aromatic heterocycles. The fourth-order valence-electron chi connectivity index (χ4n) is 2.94. The molecule has 0 radical (unpaired) electrons. The van der Waals surface area contributed by atoms with Crippen LogP contribution in [-0.4, -0.2) is 50.5 Å². The Hall–Kier alpha value is -2.36. The van der Waals surface area contributed by atoms with Crippen molar-refractivity contribution in [2.75, 3.05) is 23.7 Å². The van der Waals surface area contributed by atoms with Gasteiger partial charge in [0.15, 0.2) is 0 Å². The number of hydrogen-bond donors (Lipinski definition) is 1. The van der Waals surface area contributed by atoms with Crippen molar-refractivity contribution in [2.24, 2.45) is 0 Å². The van der Waals surface area contributed by atoms with Gasteiger partial charge in [0.1, 0.15) is 18.4 Å². The Labute approximate surface area is 197 Å². The molecule has 174 valence electrons. The maximum atomic E-state index is 13.6. The van der Waals surface area contributed by atoms with Crippen LogP contribution in [0.1, 0.15) is 19.4 Å². The topological polar surface area (TPSA) is 86.8 Å². The highest BCUT2D eigenvalue weighted by molar-refractivity contribution is 7.92. The van der Waals surface area contributed by atoms with Crippen LogP contribution < -0.4 is 9.62 Å². The Bertz CT molecular complexity index is 1080. The summed E-state index contributed by atoms with van der Waals surface area (Å²) in [7, 11) is -3.92. The van der Waals surface area contributed by atoms with Crippen LogP contribution in [0.3, 0.4) is 0 Å². The highest BCUT2D eigenvalue weighted by Crippen LogP contribution is 2.25. The summed E-state index contributed by atoms with van der Waals surface area (Å²) in [5, 5.41) is 2.89. The number of anilines is 1. The molecule has 32 heavy (non-hydrogen) atoms. The second-order valence-corrected chi connectivity index (χ2v) is 9.84. The molecule has 7 nitrogen and oxygen atoms in total. The molecule has 0 aliphatic rings. The first-order valence-electron chi connectivity index (χ1n) is 9.68. The standard InChI is InChI=1S/C21H24Cl2FN3O4S/c1-4-25-21(29)14(2)26(12-15-5-7-16(22)8-6-15)20(28)13-27(32(3,30)31)17-9-10-19(24)18(23)11-17/h5-11,14H,4,12-13H2,1-3H3,(H,25,29)/t14-/m0/s1. The van der Waals surface area contributed by atoms with Crippen molar-refractivity contribution in [3.8, 4) is 0 Å². The predicted octanol–water partition coefficient (Wildman–Crippen LogP) is 3.45. The van der Waals surface area contributed by atoms with Gasteiger partial charge in [0, 0.05) is 18.1 Å². The lowest BCUT2D eigenvalue weighted by atomic mass is 10.1. The number of halogens is 3. The average molecular weight is 504 g/mol. The molecule has 0 bridgehead atoms. The normalized spacial score (nSPS) is 12.2. The Morgan fingerprint density at radius 3 is 2.28 bits per heavy atom. The molecule has 0 fully saturated rings. The van der Waals surface area contributed by atoms with E-state index in [2.05, 4.69) is 5.32 Å². The Balaban J connectivity index is 2.39. The van der Waals surface area contributed by atoms with E-state index in [1.165, 1.54) is 11.0 Å². The molecule has 0 aliphatic heterocycles. The van der Waals surface area contributed by atoms with Crippen molar-refractivity contribution < 1.29 is 22.4 Å². The number of benzene rings is 2. The van der Waals surface area contributed by atoms with Crippen LogP contribution in [0, 0.1) is 5.82 Å². The van der Waals surface area contributed by atoms with E-state index in [0.717, 1.165) is 22.7 Å². The molecule has 0 saturated carbocycles. The first-order chi connectivity index (χ1) is 14.9. The Kier molecular flexibility index (Phi) is 8.89. The molecule has 2 amide bonds. The summed E-state index contributed by atoms with van der Waals surface area (Å²) < 4.78 is 39.2. The molecule has 0 spiro atoms. The predicted molar refractivity (Wildman–Crippen MR) is 124 cm³/mol. The quantitative estimate of drug-likeness (QED) is 0.567. The van der Waals surface area contributed by atoms with Crippen molar-refractivity contribution in [1.29, 1.82) is 0 Å². The minimum atomic E-state index is -3.92. The molecular formula is C21H24Cl2FN3O4S. The second-order valence-electron chi connectivity index (χ2n) is 7.09. The van der Waals surface area contributed by atoms with E-state index >= 15 is 0 Å². The zero-order valence-corrected chi connectivity index (χ0v) is 20.1. The van der Waals surface area contributed by atoms with E-state index in [4.69, 9.17) is 23.2 Å². The van der Waals surface area contributed by atoms with E-state index < -0.39 is 34.3 Å². The average Bonchev–Trinajstić information content (AvgIpc) is 2.72. The number of nitrogens with one attached hydrogen (secondary N) is 1. The van der Waals surface area contributed by atoms with E-state index in [1.54, 1.807) is 38.1 Å². The number of sulfonamides is 1. The Morgan fingerprint density at radius 1 is 1.12 bits per heavy atom. The fourth-order valence-corrected chi connectivity index (χ4v) is 4.09. The number of rotatable bonds is 9. The third-order valence-corrected chi connectivity index (χ3v) is 6.34. The second kappa shape index (κ2) is 11.0. The molecule has 1 N–H and O–H groups in total. The summed E-state index contributed by atoms with van der Waals surface area (Å²) in [6.45, 7) is 3.13. The largest absolute Gasteiger partial charge is 0.355 e. The summed E-state index contributed by atoms with van der Waals surface area (Å²) >= 11 is 11.7. The van der Waals surface area contributed by atoms with Crippen LogP contribution in [0.5, 0.6) is 0 Å². The first-order valence-corrected chi connectivity index (χ1v) is 12.3. The Morgan fingerprint density at radius 2 is 1.75 bits per heavy atom. The minimum absolute atomic E-state index is 0.0318. The summed E-state index contributed by atoms with van der Waals surface area (Å²) in [4.78, 5) is 27.0. The smallest absolute Gasteiger partial charge is 0.244 e. The highest BCUT2D eigenvalue weighted by atomic mass is 35.5. The maximum Gasteiger partial charge on any atom is 0.244 e. The van der Waals surface area contributed by atoms with Crippen LogP contribution in [0.4, 0.5) is 10.1 Å². The molecular weight excluding hydrogens is 480 g/mol. The minimum Gasteiger partial charge on any atom is -0.355 e. The highest BCUT2D eigenvalue weighted by Gasteiger charge is 2.30. The van der Waals surface area contributed by atoms with Crippen molar-refractivity contribution in [2.45, 2.75) is 26.4 Å². The third kappa shape index (κ3) is 6.82. The summed E-state index contributed by atoms with van der Waals surface area (Å²) in [6.07, 6.45) is 0.925. The summed E-state index contributed by atoms with van der Waals surface area (Å²) in [6, 6.07) is 9.20. The van der Waals surface area contributed by atoms with Crippen molar-refractivity contribution in [3.63, 3.8) is 0 Å². The third-order valence-electron chi connectivity index (χ3n) is 4.65. The van der Waals surface area contributed by atoms with E-state index in [0.29, 0.717) is 17.1 Å². The van der Waals surface area contributed by atoms with Gasteiger partial charge in [-0.15, -0.1) is 0 Å². The lowest BCUT2D eigenvalue weighted by molar-refractivity contribution is -0.139. The summed E-state index contributed by atoms with van der Waals surface area (Å²) in [5.41, 5.74) is 0.735. The van der Waals surface area contributed by atoms with Crippen molar-refractivity contribution in [3.05, 3.63) is 63.9 Å². The van der Waals surface area contributed by atoms with Crippen LogP contribution in [0.15, 0.2) is 42.5 Å². The number of hydrogen-bond acceptors (Lipinski definition) is 4. The molecule has 11 heteroatoms. The molecule has 0 aliphatic carbocycles. The van der Waals surface area contributed by atoms with Crippen LogP contribution in [0.2, 0.25) is 10.0 Å². The molecule has 1 atom stereocenters. The molecule has 0 saturated heterocycles. The fraction of sp³-hybridized carbons (Fsp3) is 0.333. The van der Waals surface area contributed by atoms with E-state index in [-0.39, 0.29) is 23.2 Å². The number of carbonyl (C=O) groups is 2. The SMILES string of the molecule is CCNC(=O)[C@H](C)N(Cc1ccc(Cl)cc1)C(=O)CN(c1ccc(F)c(Cl)c1)S(C)(=O)=O. The van der Waals surface area contributed by atoms with Crippen molar-refractivity contribution in [1.82, 2.24) is 10.2 Å². The molecule has 2 aromatic carbocycles. The number of nitrogens with zero attached hydrogens (tertiary/aromatic N) is 2. The number of likely N-dealkylation sites (N-methyl/N-ethyl adjacent to an activating group) is 1.